The summed E-state index contributed by atoms with van der Waals surface area (Å²) in [6, 6.07) is 9.39. The molecule has 5 nitrogen and oxygen atoms in total. The van der Waals surface area contributed by atoms with Gasteiger partial charge in [0.2, 0.25) is 17.7 Å². The molecule has 1 aromatic heterocycles. The molecule has 0 unspecified atom stereocenters. The summed E-state index contributed by atoms with van der Waals surface area (Å²) in [4.78, 5) is 7.86. The SMILES string of the molecule is COc1cc(OCc2ccccc2Br)nc(N)n1. The third-order valence-electron chi connectivity index (χ3n) is 2.24. The van der Waals surface area contributed by atoms with Crippen LogP contribution in [0.4, 0.5) is 5.95 Å². The summed E-state index contributed by atoms with van der Waals surface area (Å²) < 4.78 is 11.5. The summed E-state index contributed by atoms with van der Waals surface area (Å²) in [7, 11) is 1.51. The Morgan fingerprint density at radius 3 is 2.67 bits per heavy atom. The molecular weight excluding hydrogens is 298 g/mol. The van der Waals surface area contributed by atoms with Gasteiger partial charge in [-0.05, 0) is 6.07 Å². The summed E-state index contributed by atoms with van der Waals surface area (Å²) in [6.45, 7) is 0.390. The Morgan fingerprint density at radius 2 is 1.94 bits per heavy atom. The summed E-state index contributed by atoms with van der Waals surface area (Å²) in [5, 5.41) is 0. The van der Waals surface area contributed by atoms with E-state index in [1.54, 1.807) is 6.07 Å². The molecule has 0 aliphatic heterocycles. The third-order valence-corrected chi connectivity index (χ3v) is 3.01. The number of rotatable bonds is 4. The molecule has 0 amide bonds. The van der Waals surface area contributed by atoms with Crippen LogP contribution in [0.2, 0.25) is 0 Å². The average molecular weight is 310 g/mol. The molecule has 0 saturated carbocycles. The van der Waals surface area contributed by atoms with E-state index in [1.807, 2.05) is 24.3 Å². The number of hydrogen-bond acceptors (Lipinski definition) is 5. The van der Waals surface area contributed by atoms with Gasteiger partial charge in [0.25, 0.3) is 0 Å². The molecule has 0 saturated heterocycles. The first-order chi connectivity index (χ1) is 8.69. The van der Waals surface area contributed by atoms with Crippen molar-refractivity contribution in [2.24, 2.45) is 0 Å². The van der Waals surface area contributed by atoms with Gasteiger partial charge in [-0.15, -0.1) is 0 Å². The Hall–Kier alpha value is -1.82. The molecule has 0 aliphatic carbocycles. The fourth-order valence-electron chi connectivity index (χ4n) is 1.37. The Labute approximate surface area is 113 Å². The van der Waals surface area contributed by atoms with Crippen molar-refractivity contribution in [1.29, 1.82) is 0 Å². The van der Waals surface area contributed by atoms with Crippen molar-refractivity contribution < 1.29 is 9.47 Å². The number of nitrogens with zero attached hydrogens (tertiary/aromatic N) is 2. The van der Waals surface area contributed by atoms with E-state index in [9.17, 15) is 0 Å². The molecule has 0 spiro atoms. The molecule has 0 bridgehead atoms. The quantitative estimate of drug-likeness (QED) is 0.939. The maximum Gasteiger partial charge on any atom is 0.226 e. The number of nitrogens with two attached hydrogens (primary N) is 1. The second-order valence-electron chi connectivity index (χ2n) is 3.49. The number of aromatic nitrogens is 2. The summed E-state index contributed by atoms with van der Waals surface area (Å²) >= 11 is 3.45. The fourth-order valence-corrected chi connectivity index (χ4v) is 1.77. The van der Waals surface area contributed by atoms with Crippen LogP contribution in [-0.4, -0.2) is 17.1 Å². The van der Waals surface area contributed by atoms with Crippen molar-refractivity contribution in [1.82, 2.24) is 9.97 Å². The lowest BCUT2D eigenvalue weighted by Gasteiger charge is -2.08. The molecule has 6 heteroatoms. The second-order valence-corrected chi connectivity index (χ2v) is 4.34. The molecular formula is C12H12BrN3O2. The van der Waals surface area contributed by atoms with Gasteiger partial charge in [0.05, 0.1) is 13.2 Å². The first-order valence-corrected chi connectivity index (χ1v) is 6.03. The molecule has 1 aromatic carbocycles. The Kier molecular flexibility index (Phi) is 3.99. The minimum Gasteiger partial charge on any atom is -0.481 e. The minimum absolute atomic E-state index is 0.122. The van der Waals surface area contributed by atoms with Gasteiger partial charge in [-0.25, -0.2) is 0 Å². The lowest BCUT2D eigenvalue weighted by molar-refractivity contribution is 0.289. The van der Waals surface area contributed by atoms with Crippen molar-refractivity contribution in [2.75, 3.05) is 12.8 Å². The fraction of sp³-hybridized carbons (Fsp3) is 0.167. The predicted octanol–water partition coefficient (Wildman–Crippen LogP) is 2.41. The summed E-state index contributed by atoms with van der Waals surface area (Å²) in [5.41, 5.74) is 6.56. The first-order valence-electron chi connectivity index (χ1n) is 5.24. The minimum atomic E-state index is 0.122. The average Bonchev–Trinajstić information content (AvgIpc) is 2.37. The van der Waals surface area contributed by atoms with E-state index in [2.05, 4.69) is 25.9 Å². The van der Waals surface area contributed by atoms with Crippen LogP contribution < -0.4 is 15.2 Å². The van der Waals surface area contributed by atoms with E-state index in [0.717, 1.165) is 10.0 Å². The van der Waals surface area contributed by atoms with Gasteiger partial charge in [0.1, 0.15) is 6.61 Å². The highest BCUT2D eigenvalue weighted by Gasteiger charge is 2.05. The van der Waals surface area contributed by atoms with Crippen LogP contribution in [0.15, 0.2) is 34.8 Å². The van der Waals surface area contributed by atoms with E-state index in [0.29, 0.717) is 18.4 Å². The molecule has 18 heavy (non-hydrogen) atoms. The highest BCUT2D eigenvalue weighted by atomic mass is 79.9. The van der Waals surface area contributed by atoms with Gasteiger partial charge >= 0.3 is 0 Å². The van der Waals surface area contributed by atoms with Crippen LogP contribution >= 0.6 is 15.9 Å². The molecule has 0 atom stereocenters. The van der Waals surface area contributed by atoms with Crippen molar-refractivity contribution in [3.05, 3.63) is 40.4 Å². The van der Waals surface area contributed by atoms with Gasteiger partial charge in [-0.1, -0.05) is 34.1 Å². The van der Waals surface area contributed by atoms with Crippen LogP contribution in [-0.2, 0) is 6.61 Å². The number of ether oxygens (including phenoxy) is 2. The smallest absolute Gasteiger partial charge is 0.226 e. The molecule has 0 aliphatic rings. The zero-order valence-electron chi connectivity index (χ0n) is 9.76. The predicted molar refractivity (Wildman–Crippen MR) is 71.5 cm³/mol. The van der Waals surface area contributed by atoms with Gasteiger partial charge < -0.3 is 15.2 Å². The standard InChI is InChI=1S/C12H12BrN3O2/c1-17-10-6-11(16-12(14)15-10)18-7-8-4-2-3-5-9(8)13/h2-6H,7H2,1H3,(H2,14,15,16). The largest absolute Gasteiger partial charge is 0.481 e. The van der Waals surface area contributed by atoms with Crippen molar-refractivity contribution in [2.45, 2.75) is 6.61 Å². The Bertz CT molecular complexity index is 549. The normalized spacial score (nSPS) is 10.1. The maximum atomic E-state index is 5.56. The van der Waals surface area contributed by atoms with E-state index < -0.39 is 0 Å². The van der Waals surface area contributed by atoms with E-state index >= 15 is 0 Å². The van der Waals surface area contributed by atoms with Gasteiger partial charge in [-0.3, -0.25) is 0 Å². The topological polar surface area (TPSA) is 70.3 Å². The number of methoxy groups -OCH3 is 1. The molecule has 2 aromatic rings. The van der Waals surface area contributed by atoms with Crippen LogP contribution in [0.3, 0.4) is 0 Å². The zero-order valence-corrected chi connectivity index (χ0v) is 11.3. The molecule has 94 valence electrons. The van der Waals surface area contributed by atoms with Gasteiger partial charge in [0.15, 0.2) is 0 Å². The summed E-state index contributed by atoms with van der Waals surface area (Å²) in [5.74, 6) is 0.885. The Balaban J connectivity index is 2.11. The van der Waals surface area contributed by atoms with Crippen LogP contribution in [0, 0.1) is 0 Å². The van der Waals surface area contributed by atoms with Crippen molar-refractivity contribution in [3.8, 4) is 11.8 Å². The lowest BCUT2D eigenvalue weighted by atomic mass is 10.2. The van der Waals surface area contributed by atoms with E-state index in [4.69, 9.17) is 15.2 Å². The molecule has 2 rings (SSSR count). The van der Waals surface area contributed by atoms with Gasteiger partial charge in [-0.2, -0.15) is 9.97 Å². The van der Waals surface area contributed by atoms with E-state index in [1.165, 1.54) is 7.11 Å². The van der Waals surface area contributed by atoms with Gasteiger partial charge in [0, 0.05) is 10.0 Å². The number of nitrogen functional groups attached to an aromatic ring is 1. The van der Waals surface area contributed by atoms with Crippen LogP contribution in [0.5, 0.6) is 11.8 Å². The molecule has 2 N–H and O–H groups in total. The number of anilines is 1. The number of halogens is 1. The zero-order chi connectivity index (χ0) is 13.0. The number of benzene rings is 1. The number of hydrogen-bond donors (Lipinski definition) is 1. The van der Waals surface area contributed by atoms with Crippen molar-refractivity contribution >= 4 is 21.9 Å². The maximum absolute atomic E-state index is 5.56. The third kappa shape index (κ3) is 3.10. The second kappa shape index (κ2) is 5.68. The van der Waals surface area contributed by atoms with Crippen molar-refractivity contribution in [3.63, 3.8) is 0 Å². The lowest BCUT2D eigenvalue weighted by Crippen LogP contribution is -2.02. The highest BCUT2D eigenvalue weighted by molar-refractivity contribution is 9.10. The van der Waals surface area contributed by atoms with E-state index in [-0.39, 0.29) is 5.95 Å². The molecule has 0 radical (unpaired) electrons. The summed E-state index contributed by atoms with van der Waals surface area (Å²) in [6.07, 6.45) is 0. The Morgan fingerprint density at radius 1 is 1.22 bits per heavy atom. The van der Waals surface area contributed by atoms with Crippen LogP contribution in [0.25, 0.3) is 0 Å². The molecule has 1 heterocycles. The molecule has 0 fully saturated rings. The highest BCUT2D eigenvalue weighted by Crippen LogP contribution is 2.20. The monoisotopic (exact) mass is 309 g/mol. The van der Waals surface area contributed by atoms with Crippen LogP contribution in [0.1, 0.15) is 5.56 Å². The first kappa shape index (κ1) is 12.6.